The standard InChI is InChI=1S/C10H10ClN3O2/c1-4-5-3-6(11)8(12)7(10(15)16-2)9(5)14-13-4/h3H,12H2,1-2H3,(H,13,14). The lowest BCUT2D eigenvalue weighted by atomic mass is 10.1. The second-order valence-electron chi connectivity index (χ2n) is 3.38. The van der Waals surface area contributed by atoms with E-state index in [0.717, 1.165) is 11.1 Å². The van der Waals surface area contributed by atoms with Gasteiger partial charge in [-0.2, -0.15) is 5.10 Å². The van der Waals surface area contributed by atoms with Crippen LogP contribution in [0.15, 0.2) is 6.07 Å². The van der Waals surface area contributed by atoms with Crippen molar-refractivity contribution in [2.45, 2.75) is 6.92 Å². The van der Waals surface area contributed by atoms with Gasteiger partial charge in [-0.1, -0.05) is 11.6 Å². The van der Waals surface area contributed by atoms with Crippen LogP contribution < -0.4 is 5.73 Å². The number of halogens is 1. The Morgan fingerprint density at radius 1 is 1.62 bits per heavy atom. The minimum Gasteiger partial charge on any atom is -0.465 e. The van der Waals surface area contributed by atoms with Crippen LogP contribution in [-0.4, -0.2) is 23.3 Å². The molecule has 6 heteroatoms. The number of ether oxygens (including phenoxy) is 1. The second-order valence-corrected chi connectivity index (χ2v) is 3.79. The Bertz CT molecular complexity index is 577. The molecule has 0 amide bonds. The number of nitrogen functional groups attached to an aromatic ring is 1. The van der Waals surface area contributed by atoms with E-state index in [1.165, 1.54) is 7.11 Å². The average molecular weight is 240 g/mol. The molecular weight excluding hydrogens is 230 g/mol. The molecule has 0 atom stereocenters. The number of anilines is 1. The summed E-state index contributed by atoms with van der Waals surface area (Å²) in [7, 11) is 1.29. The predicted octanol–water partition coefficient (Wildman–Crippen LogP) is 1.89. The van der Waals surface area contributed by atoms with Gasteiger partial charge in [0.05, 0.1) is 17.8 Å². The van der Waals surface area contributed by atoms with E-state index in [-0.39, 0.29) is 11.3 Å². The zero-order chi connectivity index (χ0) is 11.9. The maximum absolute atomic E-state index is 11.6. The van der Waals surface area contributed by atoms with Gasteiger partial charge in [-0.3, -0.25) is 5.10 Å². The third-order valence-corrected chi connectivity index (χ3v) is 2.73. The van der Waals surface area contributed by atoms with E-state index in [0.29, 0.717) is 10.5 Å². The number of hydrogen-bond donors (Lipinski definition) is 2. The van der Waals surface area contributed by atoms with Crippen LogP contribution in [0.25, 0.3) is 10.9 Å². The van der Waals surface area contributed by atoms with Gasteiger partial charge in [0.25, 0.3) is 0 Å². The quantitative estimate of drug-likeness (QED) is 0.588. The minimum atomic E-state index is -0.545. The monoisotopic (exact) mass is 239 g/mol. The molecule has 1 aromatic heterocycles. The molecule has 0 saturated carbocycles. The van der Waals surface area contributed by atoms with Crippen LogP contribution in [-0.2, 0) is 4.74 Å². The Morgan fingerprint density at radius 2 is 2.31 bits per heavy atom. The highest BCUT2D eigenvalue weighted by Crippen LogP contribution is 2.31. The number of nitrogens with one attached hydrogen (secondary N) is 1. The zero-order valence-corrected chi connectivity index (χ0v) is 9.55. The lowest BCUT2D eigenvalue weighted by Crippen LogP contribution is -2.07. The van der Waals surface area contributed by atoms with Crippen LogP contribution in [0, 0.1) is 6.92 Å². The third kappa shape index (κ3) is 1.40. The molecule has 0 unspecified atom stereocenters. The highest BCUT2D eigenvalue weighted by molar-refractivity contribution is 6.35. The molecule has 0 fully saturated rings. The molecule has 1 heterocycles. The summed E-state index contributed by atoms with van der Waals surface area (Å²) in [5.41, 5.74) is 7.44. The van der Waals surface area contributed by atoms with Crippen molar-refractivity contribution in [2.75, 3.05) is 12.8 Å². The topological polar surface area (TPSA) is 81.0 Å². The fraction of sp³-hybridized carbons (Fsp3) is 0.200. The number of aryl methyl sites for hydroxylation is 1. The van der Waals surface area contributed by atoms with Crippen molar-refractivity contribution in [2.24, 2.45) is 0 Å². The Morgan fingerprint density at radius 3 is 2.94 bits per heavy atom. The fourth-order valence-electron chi connectivity index (χ4n) is 1.57. The van der Waals surface area contributed by atoms with Crippen molar-refractivity contribution >= 4 is 34.2 Å². The van der Waals surface area contributed by atoms with Gasteiger partial charge in [0.2, 0.25) is 0 Å². The average Bonchev–Trinajstić information content (AvgIpc) is 2.61. The number of fused-ring (bicyclic) bond motifs is 1. The van der Waals surface area contributed by atoms with Gasteiger partial charge in [-0.25, -0.2) is 4.79 Å². The third-order valence-electron chi connectivity index (χ3n) is 2.42. The largest absolute Gasteiger partial charge is 0.465 e. The Balaban J connectivity index is 2.87. The smallest absolute Gasteiger partial charge is 0.342 e. The number of nitrogens with zero attached hydrogens (tertiary/aromatic N) is 1. The highest BCUT2D eigenvalue weighted by atomic mass is 35.5. The van der Waals surface area contributed by atoms with E-state index >= 15 is 0 Å². The maximum atomic E-state index is 11.6. The number of rotatable bonds is 1. The van der Waals surface area contributed by atoms with E-state index in [1.54, 1.807) is 6.07 Å². The predicted molar refractivity (Wildman–Crippen MR) is 61.6 cm³/mol. The normalized spacial score (nSPS) is 10.7. The van der Waals surface area contributed by atoms with E-state index < -0.39 is 5.97 Å². The molecule has 0 aliphatic rings. The lowest BCUT2D eigenvalue weighted by Gasteiger charge is -2.06. The number of hydrogen-bond acceptors (Lipinski definition) is 4. The molecule has 2 aromatic rings. The summed E-state index contributed by atoms with van der Waals surface area (Å²) < 4.78 is 4.66. The Kier molecular flexibility index (Phi) is 2.47. The van der Waals surface area contributed by atoms with Crippen molar-refractivity contribution in [3.8, 4) is 0 Å². The van der Waals surface area contributed by atoms with Crippen molar-refractivity contribution in [3.63, 3.8) is 0 Å². The number of aromatic nitrogens is 2. The zero-order valence-electron chi connectivity index (χ0n) is 8.80. The van der Waals surface area contributed by atoms with E-state index in [4.69, 9.17) is 17.3 Å². The SMILES string of the molecule is COC(=O)c1c(N)c(Cl)cc2c(C)[nH]nc12. The Labute approximate surface area is 96.5 Å². The number of esters is 1. The van der Waals surface area contributed by atoms with Gasteiger partial charge < -0.3 is 10.5 Å². The van der Waals surface area contributed by atoms with Crippen LogP contribution in [0.4, 0.5) is 5.69 Å². The van der Waals surface area contributed by atoms with E-state index in [1.807, 2.05) is 6.92 Å². The summed E-state index contributed by atoms with van der Waals surface area (Å²) in [6.45, 7) is 1.84. The number of nitrogens with two attached hydrogens (primary N) is 1. The first-order valence-corrected chi connectivity index (χ1v) is 4.95. The molecule has 5 nitrogen and oxygen atoms in total. The van der Waals surface area contributed by atoms with Crippen LogP contribution in [0.1, 0.15) is 16.1 Å². The molecule has 3 N–H and O–H groups in total. The molecular formula is C10H10ClN3O2. The van der Waals surface area contributed by atoms with Gasteiger partial charge in [-0.15, -0.1) is 0 Å². The molecule has 0 aliphatic carbocycles. The van der Waals surface area contributed by atoms with E-state index in [9.17, 15) is 4.79 Å². The summed E-state index contributed by atoms with van der Waals surface area (Å²) in [4.78, 5) is 11.6. The number of methoxy groups -OCH3 is 1. The van der Waals surface area contributed by atoms with Crippen molar-refractivity contribution in [1.29, 1.82) is 0 Å². The molecule has 1 aromatic carbocycles. The maximum Gasteiger partial charge on any atom is 0.342 e. The van der Waals surface area contributed by atoms with Crippen molar-refractivity contribution in [3.05, 3.63) is 22.3 Å². The van der Waals surface area contributed by atoms with Crippen LogP contribution in [0.3, 0.4) is 0 Å². The lowest BCUT2D eigenvalue weighted by molar-refractivity contribution is 0.0604. The van der Waals surface area contributed by atoms with Gasteiger partial charge in [0, 0.05) is 11.1 Å². The molecule has 84 valence electrons. The van der Waals surface area contributed by atoms with E-state index in [2.05, 4.69) is 14.9 Å². The summed E-state index contributed by atoms with van der Waals surface area (Å²) in [6.07, 6.45) is 0. The number of carbonyl (C=O) groups excluding carboxylic acids is 1. The van der Waals surface area contributed by atoms with Crippen molar-refractivity contribution in [1.82, 2.24) is 10.2 Å². The van der Waals surface area contributed by atoms with Crippen molar-refractivity contribution < 1.29 is 9.53 Å². The first-order valence-electron chi connectivity index (χ1n) is 4.57. The molecule has 0 aliphatic heterocycles. The van der Waals surface area contributed by atoms with Crippen LogP contribution in [0.2, 0.25) is 5.02 Å². The molecule has 0 saturated heterocycles. The van der Waals surface area contributed by atoms with Crippen LogP contribution >= 0.6 is 11.6 Å². The molecule has 2 rings (SSSR count). The number of benzene rings is 1. The number of H-pyrrole nitrogens is 1. The summed E-state index contributed by atoms with van der Waals surface area (Å²) in [5, 5.41) is 7.88. The van der Waals surface area contributed by atoms with Crippen LogP contribution in [0.5, 0.6) is 0 Å². The second kappa shape index (κ2) is 3.68. The first-order chi connectivity index (χ1) is 7.56. The number of aromatic amines is 1. The van der Waals surface area contributed by atoms with Gasteiger partial charge in [-0.05, 0) is 13.0 Å². The molecule has 16 heavy (non-hydrogen) atoms. The molecule has 0 bridgehead atoms. The Hall–Kier alpha value is -1.75. The minimum absolute atomic E-state index is 0.188. The van der Waals surface area contributed by atoms with Gasteiger partial charge in [0.15, 0.2) is 0 Å². The first kappa shape index (κ1) is 10.8. The summed E-state index contributed by atoms with van der Waals surface area (Å²) in [5.74, 6) is -0.545. The number of carbonyl (C=O) groups is 1. The molecule has 0 radical (unpaired) electrons. The fourth-order valence-corrected chi connectivity index (χ4v) is 1.77. The summed E-state index contributed by atoms with van der Waals surface area (Å²) in [6, 6.07) is 1.68. The summed E-state index contributed by atoms with van der Waals surface area (Å²) >= 11 is 5.95. The molecule has 0 spiro atoms. The highest BCUT2D eigenvalue weighted by Gasteiger charge is 2.20. The van der Waals surface area contributed by atoms with Gasteiger partial charge >= 0.3 is 5.97 Å². The van der Waals surface area contributed by atoms with Gasteiger partial charge in [0.1, 0.15) is 11.1 Å².